The van der Waals surface area contributed by atoms with Crippen LogP contribution in [0.5, 0.6) is 11.5 Å². The lowest BCUT2D eigenvalue weighted by atomic mass is 10.1. The Morgan fingerprint density at radius 2 is 2.00 bits per heavy atom. The number of pyridine rings is 1. The summed E-state index contributed by atoms with van der Waals surface area (Å²) < 4.78 is 52.0. The molecule has 1 aromatic carbocycles. The van der Waals surface area contributed by atoms with Gasteiger partial charge in [-0.25, -0.2) is 4.98 Å². The number of alkyl halides is 3. The number of nitrogens with zero attached hydrogens (tertiary/aromatic N) is 2. The SMILES string of the molecule is CCNc1cc(Nc2cc3c(cc2OC)N(C)CC(C)(C)O3)nc2[nH]cc(C(F)(F)F)c12. The maximum atomic E-state index is 13.4. The number of anilines is 4. The van der Waals surface area contributed by atoms with Crippen molar-refractivity contribution in [1.29, 1.82) is 0 Å². The number of ether oxygens (including phenoxy) is 2. The fourth-order valence-corrected chi connectivity index (χ4v) is 4.07. The molecule has 0 radical (unpaired) electrons. The summed E-state index contributed by atoms with van der Waals surface area (Å²) in [5.74, 6) is 1.61. The van der Waals surface area contributed by atoms with Crippen LogP contribution in [0.25, 0.3) is 11.0 Å². The number of aromatic nitrogens is 2. The standard InChI is InChI=1S/C22H26F3N5O2/c1-6-26-14-8-18(29-20-19(14)12(10-27-20)22(23,24)25)28-13-7-17-15(9-16(13)31-5)30(4)11-21(2,3)32-17/h7-10H,6,11H2,1-5H3,(H3,26,27,28,29). The van der Waals surface area contributed by atoms with E-state index in [-0.39, 0.29) is 16.6 Å². The lowest BCUT2D eigenvalue weighted by molar-refractivity contribution is -0.136. The monoisotopic (exact) mass is 449 g/mol. The number of methoxy groups -OCH3 is 1. The number of hydrogen-bond acceptors (Lipinski definition) is 6. The molecule has 0 fully saturated rings. The van der Waals surface area contributed by atoms with E-state index in [9.17, 15) is 13.2 Å². The van der Waals surface area contributed by atoms with E-state index in [1.165, 1.54) is 0 Å². The molecule has 32 heavy (non-hydrogen) atoms. The molecule has 1 aliphatic heterocycles. The fourth-order valence-electron chi connectivity index (χ4n) is 4.07. The molecule has 7 nitrogen and oxygen atoms in total. The highest BCUT2D eigenvalue weighted by molar-refractivity contribution is 5.95. The molecule has 0 saturated heterocycles. The normalized spacial score (nSPS) is 15.3. The number of benzene rings is 1. The Balaban J connectivity index is 1.78. The highest BCUT2D eigenvalue weighted by atomic mass is 19.4. The molecular formula is C22H26F3N5O2. The number of rotatable bonds is 5. The minimum absolute atomic E-state index is 0.00835. The van der Waals surface area contributed by atoms with Gasteiger partial charge in [0.2, 0.25) is 0 Å². The van der Waals surface area contributed by atoms with Gasteiger partial charge >= 0.3 is 6.18 Å². The van der Waals surface area contributed by atoms with Crippen molar-refractivity contribution < 1.29 is 22.6 Å². The van der Waals surface area contributed by atoms with Crippen LogP contribution < -0.4 is 25.0 Å². The van der Waals surface area contributed by atoms with E-state index in [4.69, 9.17) is 9.47 Å². The smallest absolute Gasteiger partial charge is 0.418 e. The first-order chi connectivity index (χ1) is 15.0. The Morgan fingerprint density at radius 1 is 1.25 bits per heavy atom. The number of hydrogen-bond donors (Lipinski definition) is 3. The van der Waals surface area contributed by atoms with Gasteiger partial charge in [0.15, 0.2) is 0 Å². The van der Waals surface area contributed by atoms with E-state index in [0.717, 1.165) is 11.9 Å². The molecule has 3 N–H and O–H groups in total. The highest BCUT2D eigenvalue weighted by Gasteiger charge is 2.35. The Bertz CT molecular complexity index is 1160. The molecule has 0 atom stereocenters. The van der Waals surface area contributed by atoms with Crippen molar-refractivity contribution in [3.63, 3.8) is 0 Å². The van der Waals surface area contributed by atoms with Gasteiger partial charge in [0, 0.05) is 43.7 Å². The first kappa shape index (κ1) is 21.9. The Morgan fingerprint density at radius 3 is 2.66 bits per heavy atom. The molecule has 172 valence electrons. The van der Waals surface area contributed by atoms with Gasteiger partial charge in [0.25, 0.3) is 0 Å². The zero-order chi connectivity index (χ0) is 23.3. The summed E-state index contributed by atoms with van der Waals surface area (Å²) in [6.45, 7) is 7.01. The van der Waals surface area contributed by atoms with Gasteiger partial charge in [0.1, 0.15) is 28.6 Å². The van der Waals surface area contributed by atoms with E-state index in [1.807, 2.05) is 40.0 Å². The van der Waals surface area contributed by atoms with Gasteiger partial charge < -0.3 is 30.0 Å². The molecule has 0 spiro atoms. The molecule has 3 aromatic rings. The van der Waals surface area contributed by atoms with Crippen molar-refractivity contribution in [2.24, 2.45) is 0 Å². The molecule has 0 aliphatic carbocycles. The topological polar surface area (TPSA) is 74.4 Å². The Hall–Kier alpha value is -3.30. The van der Waals surface area contributed by atoms with Crippen molar-refractivity contribution in [1.82, 2.24) is 9.97 Å². The van der Waals surface area contributed by atoms with Crippen molar-refractivity contribution in [2.75, 3.05) is 42.8 Å². The zero-order valence-electron chi connectivity index (χ0n) is 18.6. The second-order valence-corrected chi connectivity index (χ2v) is 8.37. The number of halogens is 3. The first-order valence-electron chi connectivity index (χ1n) is 10.2. The van der Waals surface area contributed by atoms with Crippen LogP contribution in [-0.4, -0.2) is 42.8 Å². The van der Waals surface area contributed by atoms with Crippen LogP contribution in [0.3, 0.4) is 0 Å². The molecular weight excluding hydrogens is 423 g/mol. The average Bonchev–Trinajstić information content (AvgIpc) is 3.11. The van der Waals surface area contributed by atoms with Gasteiger partial charge in [-0.05, 0) is 20.8 Å². The van der Waals surface area contributed by atoms with Crippen molar-refractivity contribution in [2.45, 2.75) is 32.5 Å². The van der Waals surface area contributed by atoms with Gasteiger partial charge in [0.05, 0.1) is 36.0 Å². The van der Waals surface area contributed by atoms with Crippen LogP contribution in [0.4, 0.5) is 36.1 Å². The van der Waals surface area contributed by atoms with E-state index < -0.39 is 11.7 Å². The molecule has 0 saturated carbocycles. The third kappa shape index (κ3) is 3.96. The molecule has 0 unspecified atom stereocenters. The van der Waals surface area contributed by atoms with Crippen LogP contribution in [0.2, 0.25) is 0 Å². The van der Waals surface area contributed by atoms with Gasteiger partial charge in [-0.1, -0.05) is 0 Å². The minimum Gasteiger partial charge on any atom is -0.494 e. The first-order valence-corrected chi connectivity index (χ1v) is 10.2. The van der Waals surface area contributed by atoms with Crippen molar-refractivity contribution in [3.05, 3.63) is 30.0 Å². The Kier molecular flexibility index (Phi) is 5.26. The predicted molar refractivity (Wildman–Crippen MR) is 120 cm³/mol. The van der Waals surface area contributed by atoms with E-state index in [1.54, 1.807) is 13.2 Å². The summed E-state index contributed by atoms with van der Waals surface area (Å²) in [5, 5.41) is 6.19. The zero-order valence-corrected chi connectivity index (χ0v) is 18.6. The van der Waals surface area contributed by atoms with Crippen molar-refractivity contribution >= 4 is 33.9 Å². The van der Waals surface area contributed by atoms with Crippen LogP contribution in [0, 0.1) is 0 Å². The lowest BCUT2D eigenvalue weighted by Gasteiger charge is -2.39. The van der Waals surface area contributed by atoms with Gasteiger partial charge in [-0.15, -0.1) is 0 Å². The number of nitrogens with one attached hydrogen (secondary N) is 3. The molecule has 0 amide bonds. The summed E-state index contributed by atoms with van der Waals surface area (Å²) in [7, 11) is 3.54. The maximum absolute atomic E-state index is 13.4. The second-order valence-electron chi connectivity index (χ2n) is 8.37. The molecule has 0 bridgehead atoms. The molecule has 1 aliphatic rings. The lowest BCUT2D eigenvalue weighted by Crippen LogP contribution is -2.45. The maximum Gasteiger partial charge on any atom is 0.418 e. The third-order valence-corrected chi connectivity index (χ3v) is 5.27. The average molecular weight is 449 g/mol. The largest absolute Gasteiger partial charge is 0.494 e. The predicted octanol–water partition coefficient (Wildman–Crippen LogP) is 5.37. The van der Waals surface area contributed by atoms with Gasteiger partial charge in [-0.3, -0.25) is 0 Å². The number of fused-ring (bicyclic) bond motifs is 2. The number of aromatic amines is 1. The Labute approximate surface area is 183 Å². The quantitative estimate of drug-likeness (QED) is 0.486. The summed E-state index contributed by atoms with van der Waals surface area (Å²) in [6.07, 6.45) is -3.55. The summed E-state index contributed by atoms with van der Waals surface area (Å²) in [4.78, 5) is 9.10. The molecule has 2 aromatic heterocycles. The summed E-state index contributed by atoms with van der Waals surface area (Å²) in [6, 6.07) is 5.25. The van der Waals surface area contributed by atoms with Crippen LogP contribution >= 0.6 is 0 Å². The van der Waals surface area contributed by atoms with Crippen LogP contribution in [-0.2, 0) is 6.18 Å². The molecule has 10 heteroatoms. The van der Waals surface area contributed by atoms with Gasteiger partial charge in [-0.2, -0.15) is 13.2 Å². The number of likely N-dealkylation sites (N-methyl/N-ethyl adjacent to an activating group) is 1. The highest BCUT2D eigenvalue weighted by Crippen LogP contribution is 2.44. The van der Waals surface area contributed by atoms with E-state index in [0.29, 0.717) is 41.8 Å². The van der Waals surface area contributed by atoms with Crippen LogP contribution in [0.1, 0.15) is 26.3 Å². The minimum atomic E-state index is -4.49. The summed E-state index contributed by atoms with van der Waals surface area (Å²) in [5.41, 5.74) is 0.820. The van der Waals surface area contributed by atoms with Crippen LogP contribution in [0.15, 0.2) is 24.4 Å². The fraction of sp³-hybridized carbons (Fsp3) is 0.409. The number of H-pyrrole nitrogens is 1. The molecule has 3 heterocycles. The van der Waals surface area contributed by atoms with Crippen molar-refractivity contribution in [3.8, 4) is 11.5 Å². The van der Waals surface area contributed by atoms with E-state index >= 15 is 0 Å². The second kappa shape index (κ2) is 7.68. The third-order valence-electron chi connectivity index (χ3n) is 5.27. The summed E-state index contributed by atoms with van der Waals surface area (Å²) >= 11 is 0. The van der Waals surface area contributed by atoms with E-state index in [2.05, 4.69) is 25.5 Å². The molecule has 4 rings (SSSR count).